The molecule has 1 aromatic carbocycles. The van der Waals surface area contributed by atoms with E-state index in [2.05, 4.69) is 15.3 Å². The van der Waals surface area contributed by atoms with Crippen molar-refractivity contribution in [1.82, 2.24) is 15.2 Å². The van der Waals surface area contributed by atoms with E-state index in [1.54, 1.807) is 18.2 Å². The van der Waals surface area contributed by atoms with E-state index in [-0.39, 0.29) is 5.91 Å². The maximum atomic E-state index is 12.1. The number of H-pyrrole nitrogens is 1. The first kappa shape index (κ1) is 16.4. The number of hydrazone groups is 1. The molecule has 1 atom stereocenters. The predicted molar refractivity (Wildman–Crippen MR) is 94.6 cm³/mol. The zero-order chi connectivity index (χ0) is 17.6. The van der Waals surface area contributed by atoms with Crippen molar-refractivity contribution in [3.05, 3.63) is 50.8 Å². The van der Waals surface area contributed by atoms with Crippen LogP contribution in [0.5, 0.6) is 0 Å². The fraction of sp³-hybridized carbons (Fsp3) is 0.353. The summed E-state index contributed by atoms with van der Waals surface area (Å²) in [5.41, 5.74) is 3.55. The Morgan fingerprint density at radius 1 is 1.32 bits per heavy atom. The molecule has 0 saturated heterocycles. The van der Waals surface area contributed by atoms with E-state index in [4.69, 9.17) is 27.9 Å². The minimum atomic E-state index is -0.729. The van der Waals surface area contributed by atoms with Crippen LogP contribution in [0.3, 0.4) is 0 Å². The highest BCUT2D eigenvalue weighted by Crippen LogP contribution is 2.36. The van der Waals surface area contributed by atoms with Crippen LogP contribution in [0.1, 0.15) is 48.5 Å². The lowest BCUT2D eigenvalue weighted by Crippen LogP contribution is -2.25. The van der Waals surface area contributed by atoms with E-state index in [0.717, 1.165) is 36.9 Å². The second-order valence-corrected chi connectivity index (χ2v) is 6.98. The smallest absolute Gasteiger partial charge is 0.262 e. The van der Waals surface area contributed by atoms with Crippen LogP contribution in [0.4, 0.5) is 0 Å². The molecule has 6 nitrogen and oxygen atoms in total. The van der Waals surface area contributed by atoms with Gasteiger partial charge in [-0.15, -0.1) is 5.10 Å². The number of benzene rings is 1. The van der Waals surface area contributed by atoms with Crippen molar-refractivity contribution in [3.8, 4) is 0 Å². The summed E-state index contributed by atoms with van der Waals surface area (Å²) < 4.78 is 6.00. The molecular formula is C17H16Cl2N4O2. The summed E-state index contributed by atoms with van der Waals surface area (Å²) >= 11 is 12.3. The van der Waals surface area contributed by atoms with Gasteiger partial charge in [0.25, 0.3) is 5.90 Å². The molecular weight excluding hydrogens is 363 g/mol. The molecule has 2 aliphatic rings. The Balaban J connectivity index is 1.71. The van der Waals surface area contributed by atoms with Gasteiger partial charge >= 0.3 is 0 Å². The summed E-state index contributed by atoms with van der Waals surface area (Å²) in [7, 11) is 0. The molecule has 4 rings (SSSR count). The number of fused-ring (bicyclic) bond motifs is 1. The molecule has 0 spiro atoms. The third kappa shape index (κ3) is 2.89. The number of carbonyl (C=O) groups excluding carboxylic acids is 1. The highest BCUT2D eigenvalue weighted by molar-refractivity contribution is 6.35. The third-order valence-corrected chi connectivity index (χ3v) is 5.02. The van der Waals surface area contributed by atoms with E-state index < -0.39 is 6.23 Å². The molecule has 1 unspecified atom stereocenters. The number of aryl methyl sites for hydroxylation is 1. The number of nitrogens with one attached hydrogen (secondary N) is 1. The number of hydrogen-bond acceptors (Lipinski definition) is 4. The Hall–Kier alpha value is -2.05. The van der Waals surface area contributed by atoms with Crippen LogP contribution in [0, 0.1) is 0 Å². The zero-order valence-electron chi connectivity index (χ0n) is 13.6. The van der Waals surface area contributed by atoms with Gasteiger partial charge in [0, 0.05) is 28.8 Å². The molecule has 1 aromatic heterocycles. The normalized spacial score (nSPS) is 19.4. The van der Waals surface area contributed by atoms with E-state index in [1.165, 1.54) is 11.9 Å². The van der Waals surface area contributed by atoms with Crippen LogP contribution in [-0.2, 0) is 22.4 Å². The van der Waals surface area contributed by atoms with Crippen molar-refractivity contribution in [3.63, 3.8) is 0 Å². The Morgan fingerprint density at radius 3 is 2.88 bits per heavy atom. The molecule has 1 aliphatic heterocycles. The minimum absolute atomic E-state index is 0.240. The summed E-state index contributed by atoms with van der Waals surface area (Å²) in [6.45, 7) is 1.44. The number of nitrogens with zero attached hydrogens (tertiary/aromatic N) is 3. The van der Waals surface area contributed by atoms with E-state index in [0.29, 0.717) is 27.2 Å². The molecule has 1 N–H and O–H groups in total. The number of hydrogen-bond donors (Lipinski definition) is 1. The van der Waals surface area contributed by atoms with Crippen LogP contribution in [-0.4, -0.2) is 27.0 Å². The largest absolute Gasteiger partial charge is 0.444 e. The molecule has 2 aromatic rings. The SMILES string of the molecule is CC(=O)N1N=C(c2n[nH]c3c2CCCC3)OC1c1ccc(Cl)cc1Cl. The second kappa shape index (κ2) is 6.35. The summed E-state index contributed by atoms with van der Waals surface area (Å²) in [5.74, 6) is 0.0982. The van der Waals surface area contributed by atoms with Gasteiger partial charge < -0.3 is 4.74 Å². The van der Waals surface area contributed by atoms with Crippen molar-refractivity contribution in [2.24, 2.45) is 5.10 Å². The molecule has 2 heterocycles. The lowest BCUT2D eigenvalue weighted by Gasteiger charge is -2.20. The Kier molecular flexibility index (Phi) is 4.17. The molecule has 1 aliphatic carbocycles. The molecule has 1 amide bonds. The van der Waals surface area contributed by atoms with Crippen molar-refractivity contribution in [2.45, 2.75) is 38.8 Å². The van der Waals surface area contributed by atoms with Gasteiger partial charge in [-0.2, -0.15) is 10.1 Å². The standard InChI is InChI=1S/C17H16Cl2N4O2/c1-9(24)23-17(11-7-6-10(18)8-13(11)19)25-16(22-23)15-12-4-2-3-5-14(12)20-21-15/h6-8,17H,2-5H2,1H3,(H,20,21). The van der Waals surface area contributed by atoms with Crippen LogP contribution in [0.2, 0.25) is 10.0 Å². The van der Waals surface area contributed by atoms with Gasteiger partial charge in [0.1, 0.15) is 0 Å². The van der Waals surface area contributed by atoms with Crippen LogP contribution in [0.25, 0.3) is 0 Å². The summed E-state index contributed by atoms with van der Waals surface area (Å²) in [6, 6.07) is 5.07. The van der Waals surface area contributed by atoms with E-state index in [1.807, 2.05) is 0 Å². The Bertz CT molecular complexity index is 878. The topological polar surface area (TPSA) is 70.6 Å². The molecule has 0 saturated carbocycles. The molecule has 0 radical (unpaired) electrons. The Labute approximate surface area is 154 Å². The maximum absolute atomic E-state index is 12.1. The van der Waals surface area contributed by atoms with E-state index >= 15 is 0 Å². The van der Waals surface area contributed by atoms with Gasteiger partial charge in [-0.25, -0.2) is 0 Å². The van der Waals surface area contributed by atoms with Crippen molar-refractivity contribution < 1.29 is 9.53 Å². The summed E-state index contributed by atoms with van der Waals surface area (Å²) in [6.07, 6.45) is 3.42. The first-order valence-corrected chi connectivity index (χ1v) is 8.86. The predicted octanol–water partition coefficient (Wildman–Crippen LogP) is 3.83. The van der Waals surface area contributed by atoms with Gasteiger partial charge in [-0.3, -0.25) is 9.89 Å². The van der Waals surface area contributed by atoms with Gasteiger partial charge in [-0.1, -0.05) is 29.3 Å². The van der Waals surface area contributed by atoms with Crippen molar-refractivity contribution in [2.75, 3.05) is 0 Å². The molecule has 8 heteroatoms. The number of carbonyl (C=O) groups is 1. The molecule has 25 heavy (non-hydrogen) atoms. The van der Waals surface area contributed by atoms with Gasteiger partial charge in [0.2, 0.25) is 12.1 Å². The molecule has 130 valence electrons. The summed E-state index contributed by atoms with van der Waals surface area (Å²) in [5, 5.41) is 14.0. The summed E-state index contributed by atoms with van der Waals surface area (Å²) in [4.78, 5) is 12.1. The second-order valence-electron chi connectivity index (χ2n) is 6.14. The maximum Gasteiger partial charge on any atom is 0.262 e. The lowest BCUT2D eigenvalue weighted by atomic mass is 9.96. The minimum Gasteiger partial charge on any atom is -0.444 e. The van der Waals surface area contributed by atoms with E-state index in [9.17, 15) is 4.79 Å². The fourth-order valence-electron chi connectivity index (χ4n) is 3.22. The van der Waals surface area contributed by atoms with Gasteiger partial charge in [0.05, 0.1) is 5.02 Å². The highest BCUT2D eigenvalue weighted by atomic mass is 35.5. The highest BCUT2D eigenvalue weighted by Gasteiger charge is 2.36. The lowest BCUT2D eigenvalue weighted by molar-refractivity contribution is -0.135. The first-order chi connectivity index (χ1) is 12.0. The first-order valence-electron chi connectivity index (χ1n) is 8.11. The molecule has 0 bridgehead atoms. The average molecular weight is 379 g/mol. The van der Waals surface area contributed by atoms with Gasteiger partial charge in [0.15, 0.2) is 5.69 Å². The molecule has 0 fully saturated rings. The third-order valence-electron chi connectivity index (χ3n) is 4.45. The van der Waals surface area contributed by atoms with Crippen molar-refractivity contribution >= 4 is 35.0 Å². The number of rotatable bonds is 2. The number of aromatic nitrogens is 2. The number of ether oxygens (including phenoxy) is 1. The van der Waals surface area contributed by atoms with Crippen LogP contribution < -0.4 is 0 Å². The Morgan fingerprint density at radius 2 is 2.12 bits per heavy atom. The average Bonchev–Trinajstić information content (AvgIpc) is 3.18. The number of halogens is 2. The quantitative estimate of drug-likeness (QED) is 0.862. The fourth-order valence-corrected chi connectivity index (χ4v) is 3.72. The monoisotopic (exact) mass is 378 g/mol. The van der Waals surface area contributed by atoms with Crippen LogP contribution in [0.15, 0.2) is 23.3 Å². The number of amides is 1. The van der Waals surface area contributed by atoms with Gasteiger partial charge in [-0.05, 0) is 37.8 Å². The van der Waals surface area contributed by atoms with Crippen molar-refractivity contribution in [1.29, 1.82) is 0 Å². The van der Waals surface area contributed by atoms with Crippen LogP contribution >= 0.6 is 23.2 Å². The zero-order valence-corrected chi connectivity index (χ0v) is 15.1. The number of aromatic amines is 1.